The maximum Gasteiger partial charge on any atom is 0.193 e. The summed E-state index contributed by atoms with van der Waals surface area (Å²) in [6.07, 6.45) is 11.6. The highest BCUT2D eigenvalue weighted by molar-refractivity contribution is 6.08. The van der Waals surface area contributed by atoms with E-state index in [0.717, 1.165) is 18.6 Å². The molecule has 1 aromatic carbocycles. The first-order valence-corrected chi connectivity index (χ1v) is 5.88. The molecule has 0 heterocycles. The van der Waals surface area contributed by atoms with Gasteiger partial charge in [-0.05, 0) is 18.4 Å². The van der Waals surface area contributed by atoms with E-state index < -0.39 is 17.3 Å². The smallest absolute Gasteiger partial charge is 0.193 e. The quantitative estimate of drug-likeness (QED) is 0.575. The molecule has 4 heteroatoms. The van der Waals surface area contributed by atoms with E-state index in [2.05, 4.69) is 0 Å². The van der Waals surface area contributed by atoms with E-state index >= 15 is 0 Å². The van der Waals surface area contributed by atoms with E-state index in [0.29, 0.717) is 0 Å². The number of carbonyl (C=O) groups is 1. The van der Waals surface area contributed by atoms with Crippen molar-refractivity contribution in [3.8, 4) is 17.2 Å². The SMILES string of the molecule is O=C(/C=C/C1C=CC=CC1)c1c(O)cc(O)cc1O. The molecule has 2 rings (SSSR count). The summed E-state index contributed by atoms with van der Waals surface area (Å²) >= 11 is 0. The summed E-state index contributed by atoms with van der Waals surface area (Å²) in [6, 6.07) is 2.04. The van der Waals surface area contributed by atoms with Crippen molar-refractivity contribution in [2.45, 2.75) is 6.42 Å². The third-order valence-corrected chi connectivity index (χ3v) is 2.84. The predicted molar refractivity (Wildman–Crippen MR) is 71.3 cm³/mol. The molecule has 0 saturated heterocycles. The van der Waals surface area contributed by atoms with Crippen molar-refractivity contribution in [1.82, 2.24) is 0 Å². The average Bonchev–Trinajstić information content (AvgIpc) is 2.36. The number of phenols is 3. The minimum absolute atomic E-state index is 0.135. The van der Waals surface area contributed by atoms with Gasteiger partial charge in [-0.25, -0.2) is 0 Å². The van der Waals surface area contributed by atoms with Crippen LogP contribution in [0.4, 0.5) is 0 Å². The van der Waals surface area contributed by atoms with Crippen LogP contribution in [0.5, 0.6) is 17.2 Å². The Kier molecular flexibility index (Phi) is 3.71. The Morgan fingerprint density at radius 2 is 1.84 bits per heavy atom. The fourth-order valence-electron chi connectivity index (χ4n) is 1.89. The van der Waals surface area contributed by atoms with E-state index in [9.17, 15) is 15.0 Å². The summed E-state index contributed by atoms with van der Waals surface area (Å²) in [7, 11) is 0. The molecule has 1 unspecified atom stereocenters. The third-order valence-electron chi connectivity index (χ3n) is 2.84. The van der Waals surface area contributed by atoms with Crippen molar-refractivity contribution in [2.75, 3.05) is 0 Å². The Morgan fingerprint density at radius 3 is 2.42 bits per heavy atom. The molecule has 0 saturated carbocycles. The molecule has 0 spiro atoms. The van der Waals surface area contributed by atoms with Gasteiger partial charge in [0.15, 0.2) is 5.78 Å². The maximum atomic E-state index is 11.9. The van der Waals surface area contributed by atoms with E-state index in [1.807, 2.05) is 24.3 Å². The first-order chi connectivity index (χ1) is 9.08. The molecule has 0 bridgehead atoms. The molecule has 0 radical (unpaired) electrons. The summed E-state index contributed by atoms with van der Waals surface area (Å²) in [6.45, 7) is 0. The Hall–Kier alpha value is -2.49. The molecule has 0 aromatic heterocycles. The van der Waals surface area contributed by atoms with Gasteiger partial charge in [-0.3, -0.25) is 4.79 Å². The van der Waals surface area contributed by atoms with Crippen LogP contribution < -0.4 is 0 Å². The first-order valence-electron chi connectivity index (χ1n) is 5.88. The molecule has 1 aromatic rings. The molecule has 0 fully saturated rings. The number of allylic oxidation sites excluding steroid dienone is 6. The van der Waals surface area contributed by atoms with Crippen LogP contribution in [0.2, 0.25) is 0 Å². The van der Waals surface area contributed by atoms with Crippen LogP contribution in [-0.2, 0) is 0 Å². The van der Waals surface area contributed by atoms with Gasteiger partial charge in [0.1, 0.15) is 22.8 Å². The van der Waals surface area contributed by atoms with Gasteiger partial charge in [-0.2, -0.15) is 0 Å². The number of hydrogen-bond acceptors (Lipinski definition) is 4. The van der Waals surface area contributed by atoms with Crippen LogP contribution in [0.3, 0.4) is 0 Å². The topological polar surface area (TPSA) is 77.8 Å². The Balaban J connectivity index is 2.18. The third kappa shape index (κ3) is 3.04. The normalized spacial score (nSPS) is 18.0. The lowest BCUT2D eigenvalue weighted by molar-refractivity contribution is 0.104. The summed E-state index contributed by atoms with van der Waals surface area (Å²) in [5.41, 5.74) is -0.204. The zero-order valence-corrected chi connectivity index (χ0v) is 10.2. The van der Waals surface area contributed by atoms with Gasteiger partial charge in [0, 0.05) is 12.1 Å². The maximum absolute atomic E-state index is 11.9. The second kappa shape index (κ2) is 5.44. The minimum atomic E-state index is -0.502. The monoisotopic (exact) mass is 258 g/mol. The summed E-state index contributed by atoms with van der Waals surface area (Å²) in [5.74, 6) is -1.54. The van der Waals surface area contributed by atoms with Crippen molar-refractivity contribution < 1.29 is 20.1 Å². The van der Waals surface area contributed by atoms with Crippen molar-refractivity contribution in [2.24, 2.45) is 5.92 Å². The van der Waals surface area contributed by atoms with Crippen LogP contribution in [-0.4, -0.2) is 21.1 Å². The standard InChI is InChI=1S/C15H14O4/c16-11-8-13(18)15(14(19)9-11)12(17)7-6-10-4-2-1-3-5-10/h1-4,6-10,16,18-19H,5H2/b7-6+. The molecule has 1 aliphatic carbocycles. The lowest BCUT2D eigenvalue weighted by Gasteiger charge is -2.07. The number of ketones is 1. The Morgan fingerprint density at radius 1 is 1.16 bits per heavy atom. The summed E-state index contributed by atoms with van der Waals surface area (Å²) in [5, 5.41) is 28.3. The lowest BCUT2D eigenvalue weighted by Crippen LogP contribution is -1.99. The number of hydrogen-bond donors (Lipinski definition) is 3. The Bertz CT molecular complexity index is 559. The van der Waals surface area contributed by atoms with Gasteiger partial charge in [0.2, 0.25) is 0 Å². The molecule has 1 aliphatic rings. The molecule has 1 atom stereocenters. The molecule has 0 amide bonds. The number of rotatable bonds is 3. The van der Waals surface area contributed by atoms with Crippen molar-refractivity contribution in [3.05, 3.63) is 54.2 Å². The molecular formula is C15H14O4. The van der Waals surface area contributed by atoms with Gasteiger partial charge in [-0.1, -0.05) is 30.4 Å². The number of phenolic OH excluding ortho intramolecular Hbond substituents is 3. The van der Waals surface area contributed by atoms with Crippen molar-refractivity contribution in [3.63, 3.8) is 0 Å². The van der Waals surface area contributed by atoms with Crippen LogP contribution in [0, 0.1) is 5.92 Å². The zero-order valence-electron chi connectivity index (χ0n) is 10.2. The molecule has 0 aliphatic heterocycles. The number of carbonyl (C=O) groups excluding carboxylic acids is 1. The first kappa shape index (κ1) is 13.0. The number of aromatic hydroxyl groups is 3. The van der Waals surface area contributed by atoms with E-state index in [1.54, 1.807) is 6.08 Å². The summed E-state index contributed by atoms with van der Waals surface area (Å²) in [4.78, 5) is 11.9. The highest BCUT2D eigenvalue weighted by Gasteiger charge is 2.15. The van der Waals surface area contributed by atoms with E-state index in [-0.39, 0.29) is 17.2 Å². The molecule has 98 valence electrons. The summed E-state index contributed by atoms with van der Waals surface area (Å²) < 4.78 is 0. The highest BCUT2D eigenvalue weighted by atomic mass is 16.3. The Labute approximate surface area is 110 Å². The fourth-order valence-corrected chi connectivity index (χ4v) is 1.89. The van der Waals surface area contributed by atoms with Crippen molar-refractivity contribution in [1.29, 1.82) is 0 Å². The van der Waals surface area contributed by atoms with E-state index in [1.165, 1.54) is 6.08 Å². The molecule has 4 nitrogen and oxygen atoms in total. The minimum Gasteiger partial charge on any atom is -0.508 e. The molecule has 19 heavy (non-hydrogen) atoms. The zero-order chi connectivity index (χ0) is 13.8. The highest BCUT2D eigenvalue weighted by Crippen LogP contribution is 2.32. The van der Waals surface area contributed by atoms with Crippen LogP contribution >= 0.6 is 0 Å². The lowest BCUT2D eigenvalue weighted by atomic mass is 9.99. The molecular weight excluding hydrogens is 244 g/mol. The van der Waals surface area contributed by atoms with Gasteiger partial charge >= 0.3 is 0 Å². The van der Waals surface area contributed by atoms with Crippen LogP contribution in [0.15, 0.2) is 48.6 Å². The second-order valence-corrected chi connectivity index (χ2v) is 4.29. The van der Waals surface area contributed by atoms with Crippen molar-refractivity contribution >= 4 is 5.78 Å². The fraction of sp³-hybridized carbons (Fsp3) is 0.133. The van der Waals surface area contributed by atoms with Crippen LogP contribution in [0.25, 0.3) is 0 Å². The van der Waals surface area contributed by atoms with Gasteiger partial charge in [-0.15, -0.1) is 0 Å². The second-order valence-electron chi connectivity index (χ2n) is 4.29. The predicted octanol–water partition coefficient (Wildman–Crippen LogP) is 2.67. The average molecular weight is 258 g/mol. The van der Waals surface area contributed by atoms with E-state index in [4.69, 9.17) is 5.11 Å². The van der Waals surface area contributed by atoms with Gasteiger partial charge < -0.3 is 15.3 Å². The van der Waals surface area contributed by atoms with Gasteiger partial charge in [0.25, 0.3) is 0 Å². The number of benzene rings is 1. The molecule has 3 N–H and O–H groups in total. The van der Waals surface area contributed by atoms with Crippen LogP contribution in [0.1, 0.15) is 16.8 Å². The van der Waals surface area contributed by atoms with Gasteiger partial charge in [0.05, 0.1) is 0 Å². The largest absolute Gasteiger partial charge is 0.508 e.